The largest absolute Gasteiger partial charge is 0.385 e. The normalized spacial score (nSPS) is 39.8. The first-order valence-electron chi connectivity index (χ1n) is 5.90. The zero-order valence-electron chi connectivity index (χ0n) is 9.65. The highest BCUT2D eigenvalue weighted by atomic mass is 16.7. The lowest BCUT2D eigenvalue weighted by atomic mass is 10.1. The molecule has 4 heteroatoms. The molecule has 0 radical (unpaired) electrons. The van der Waals surface area contributed by atoms with Gasteiger partial charge in [0, 0.05) is 0 Å². The van der Waals surface area contributed by atoms with Crippen molar-refractivity contribution < 1.29 is 19.3 Å². The van der Waals surface area contributed by atoms with Gasteiger partial charge in [0.2, 0.25) is 0 Å². The Hall–Kier alpha value is -0.940. The Labute approximate surface area is 100 Å². The number of ether oxygens (including phenoxy) is 3. The van der Waals surface area contributed by atoms with Crippen LogP contribution in [0.3, 0.4) is 0 Å². The van der Waals surface area contributed by atoms with Crippen LogP contribution in [-0.2, 0) is 20.8 Å². The molecule has 0 bridgehead atoms. The van der Waals surface area contributed by atoms with Crippen LogP contribution in [0.5, 0.6) is 0 Å². The van der Waals surface area contributed by atoms with E-state index in [2.05, 4.69) is 0 Å². The van der Waals surface area contributed by atoms with Gasteiger partial charge in [0.05, 0.1) is 12.7 Å². The molecule has 5 atom stereocenters. The van der Waals surface area contributed by atoms with E-state index in [4.69, 9.17) is 14.2 Å². The van der Waals surface area contributed by atoms with Crippen LogP contribution in [0.1, 0.15) is 12.5 Å². The second kappa shape index (κ2) is 4.38. The summed E-state index contributed by atoms with van der Waals surface area (Å²) in [5, 5.41) is 9.90. The third kappa shape index (κ3) is 2.21. The van der Waals surface area contributed by atoms with Crippen molar-refractivity contribution in [2.45, 2.75) is 44.2 Å². The van der Waals surface area contributed by atoms with E-state index in [0.717, 1.165) is 5.56 Å². The fraction of sp³-hybridized carbons (Fsp3) is 0.538. The minimum Gasteiger partial charge on any atom is -0.385 e. The summed E-state index contributed by atoms with van der Waals surface area (Å²) < 4.78 is 16.5. The first-order valence-corrected chi connectivity index (χ1v) is 5.90. The van der Waals surface area contributed by atoms with Gasteiger partial charge in [0.1, 0.15) is 18.3 Å². The monoisotopic (exact) mass is 236 g/mol. The summed E-state index contributed by atoms with van der Waals surface area (Å²) in [6, 6.07) is 9.84. The number of rotatable bonds is 3. The second-order valence-electron chi connectivity index (χ2n) is 4.56. The van der Waals surface area contributed by atoms with Crippen LogP contribution in [0.2, 0.25) is 0 Å². The fourth-order valence-electron chi connectivity index (χ4n) is 2.20. The van der Waals surface area contributed by atoms with Gasteiger partial charge in [-0.05, 0) is 12.5 Å². The van der Waals surface area contributed by atoms with E-state index in [1.165, 1.54) is 0 Å². The first-order chi connectivity index (χ1) is 8.25. The summed E-state index contributed by atoms with van der Waals surface area (Å²) in [5.41, 5.74) is 1.06. The van der Waals surface area contributed by atoms with E-state index in [-0.39, 0.29) is 18.3 Å². The number of hydrogen-bond donors (Lipinski definition) is 1. The summed E-state index contributed by atoms with van der Waals surface area (Å²) in [5.74, 6) is 0. The molecule has 0 saturated carbocycles. The summed E-state index contributed by atoms with van der Waals surface area (Å²) in [4.78, 5) is 0. The van der Waals surface area contributed by atoms with Gasteiger partial charge in [0.15, 0.2) is 6.29 Å². The molecule has 0 aliphatic carbocycles. The zero-order chi connectivity index (χ0) is 11.8. The first kappa shape index (κ1) is 11.2. The Morgan fingerprint density at radius 3 is 2.71 bits per heavy atom. The van der Waals surface area contributed by atoms with Crippen LogP contribution in [0.25, 0.3) is 0 Å². The van der Waals surface area contributed by atoms with E-state index in [1.54, 1.807) is 0 Å². The van der Waals surface area contributed by atoms with Crippen LogP contribution >= 0.6 is 0 Å². The average molecular weight is 236 g/mol. The maximum atomic E-state index is 9.90. The van der Waals surface area contributed by atoms with Crippen LogP contribution < -0.4 is 0 Å². The van der Waals surface area contributed by atoms with E-state index in [0.29, 0.717) is 6.61 Å². The van der Waals surface area contributed by atoms with Gasteiger partial charge >= 0.3 is 0 Å². The molecule has 17 heavy (non-hydrogen) atoms. The highest BCUT2D eigenvalue weighted by Gasteiger charge is 2.56. The lowest BCUT2D eigenvalue weighted by Gasteiger charge is -2.29. The van der Waals surface area contributed by atoms with Crippen molar-refractivity contribution >= 4 is 0 Å². The molecule has 1 aromatic rings. The van der Waals surface area contributed by atoms with Crippen LogP contribution in [-0.4, -0.2) is 35.8 Å². The van der Waals surface area contributed by atoms with Crippen LogP contribution in [0.4, 0.5) is 0 Å². The minimum atomic E-state index is -0.681. The Morgan fingerprint density at radius 1 is 1.18 bits per heavy atom. The summed E-state index contributed by atoms with van der Waals surface area (Å²) >= 11 is 0. The van der Waals surface area contributed by atoms with Crippen LogP contribution in [0.15, 0.2) is 30.3 Å². The Kier molecular flexibility index (Phi) is 2.88. The molecular weight excluding hydrogens is 220 g/mol. The molecule has 0 unspecified atom stereocenters. The highest BCUT2D eigenvalue weighted by molar-refractivity contribution is 5.13. The van der Waals surface area contributed by atoms with E-state index >= 15 is 0 Å². The maximum absolute atomic E-state index is 9.90. The molecule has 92 valence electrons. The fourth-order valence-corrected chi connectivity index (χ4v) is 2.20. The Morgan fingerprint density at radius 2 is 1.94 bits per heavy atom. The number of hydrogen-bond acceptors (Lipinski definition) is 4. The molecular formula is C13H16O4. The van der Waals surface area contributed by atoms with Gasteiger partial charge in [0.25, 0.3) is 0 Å². The van der Waals surface area contributed by atoms with E-state index < -0.39 is 12.4 Å². The van der Waals surface area contributed by atoms with Crippen molar-refractivity contribution in [3.63, 3.8) is 0 Å². The predicted molar refractivity (Wildman–Crippen MR) is 60.2 cm³/mol. The number of aliphatic hydroxyl groups is 1. The Bertz CT molecular complexity index is 380. The van der Waals surface area contributed by atoms with Crippen molar-refractivity contribution in [1.82, 2.24) is 0 Å². The average Bonchev–Trinajstić information content (AvgIpc) is 3.14. The van der Waals surface area contributed by atoms with Crippen molar-refractivity contribution in [1.29, 1.82) is 0 Å². The topological polar surface area (TPSA) is 51.2 Å². The second-order valence-corrected chi connectivity index (χ2v) is 4.56. The minimum absolute atomic E-state index is 0.0100. The van der Waals surface area contributed by atoms with Gasteiger partial charge in [-0.3, -0.25) is 0 Å². The van der Waals surface area contributed by atoms with Gasteiger partial charge in [-0.2, -0.15) is 0 Å². The lowest BCUT2D eigenvalue weighted by molar-refractivity contribution is -0.231. The molecule has 3 rings (SSSR count). The molecule has 2 saturated heterocycles. The summed E-state index contributed by atoms with van der Waals surface area (Å²) in [6.45, 7) is 2.38. The van der Waals surface area contributed by atoms with Crippen molar-refractivity contribution in [2.75, 3.05) is 0 Å². The number of fused-ring (bicyclic) bond motifs is 1. The molecule has 0 aromatic heterocycles. The molecule has 0 spiro atoms. The number of aliphatic hydroxyl groups excluding tert-OH is 1. The van der Waals surface area contributed by atoms with Crippen molar-refractivity contribution in [3.8, 4) is 0 Å². The summed E-state index contributed by atoms with van der Waals surface area (Å²) in [7, 11) is 0. The predicted octanol–water partition coefficient (Wildman–Crippen LogP) is 1.08. The van der Waals surface area contributed by atoms with Gasteiger partial charge in [-0.1, -0.05) is 30.3 Å². The molecule has 2 aliphatic rings. The van der Waals surface area contributed by atoms with E-state index in [9.17, 15) is 5.11 Å². The summed E-state index contributed by atoms with van der Waals surface area (Å²) in [6.07, 6.45) is -1.35. The SMILES string of the molecule is C[C@@H]1O[C@@H](OCc2ccccc2)[C@H](O)[C@@H]2O[C@@H]21. The third-order valence-corrected chi connectivity index (χ3v) is 3.25. The Balaban J connectivity index is 1.58. The smallest absolute Gasteiger partial charge is 0.186 e. The lowest BCUT2D eigenvalue weighted by Crippen LogP contribution is -2.45. The van der Waals surface area contributed by atoms with Gasteiger partial charge in [-0.25, -0.2) is 0 Å². The highest BCUT2D eigenvalue weighted by Crippen LogP contribution is 2.37. The van der Waals surface area contributed by atoms with Crippen LogP contribution in [0, 0.1) is 0 Å². The number of benzene rings is 1. The molecule has 0 amide bonds. The molecule has 2 aliphatic heterocycles. The molecule has 2 heterocycles. The molecule has 1 N–H and O–H groups in total. The van der Waals surface area contributed by atoms with Crippen molar-refractivity contribution in [3.05, 3.63) is 35.9 Å². The quantitative estimate of drug-likeness (QED) is 0.798. The van der Waals surface area contributed by atoms with E-state index in [1.807, 2.05) is 37.3 Å². The van der Waals surface area contributed by atoms with Crippen molar-refractivity contribution in [2.24, 2.45) is 0 Å². The zero-order valence-corrected chi connectivity index (χ0v) is 9.65. The third-order valence-electron chi connectivity index (χ3n) is 3.25. The molecule has 2 fully saturated rings. The maximum Gasteiger partial charge on any atom is 0.186 e. The molecule has 1 aromatic carbocycles. The standard InChI is InChI=1S/C13H16O4/c1-8-11-12(17-11)10(14)13(16-8)15-7-9-5-3-2-4-6-9/h2-6,8,10-14H,7H2,1H3/t8-,10+,11+,12-,13+/m0/s1. The van der Waals surface area contributed by atoms with Gasteiger partial charge in [-0.15, -0.1) is 0 Å². The number of epoxide rings is 1. The van der Waals surface area contributed by atoms with Gasteiger partial charge < -0.3 is 19.3 Å². The molecule has 4 nitrogen and oxygen atoms in total.